The van der Waals surface area contributed by atoms with Crippen LogP contribution in [-0.4, -0.2) is 47.9 Å². The molecule has 0 aliphatic heterocycles. The highest BCUT2D eigenvalue weighted by atomic mass is 32.2. The van der Waals surface area contributed by atoms with Gasteiger partial charge in [0.1, 0.15) is 0 Å². The molecule has 1 unspecified atom stereocenters. The van der Waals surface area contributed by atoms with Crippen LogP contribution in [0.15, 0.2) is 58.5 Å². The molecule has 162 valence electrons. The average molecular weight is 441 g/mol. The van der Waals surface area contributed by atoms with E-state index in [0.717, 1.165) is 0 Å². The number of nitrogens with zero attached hydrogens (tertiary/aromatic N) is 2. The van der Waals surface area contributed by atoms with Crippen LogP contribution in [-0.2, 0) is 9.53 Å². The van der Waals surface area contributed by atoms with E-state index < -0.39 is 0 Å². The summed E-state index contributed by atoms with van der Waals surface area (Å²) in [6, 6.07) is 13.5. The van der Waals surface area contributed by atoms with Gasteiger partial charge in [-0.05, 0) is 43.3 Å². The number of hydrogen-bond acceptors (Lipinski definition) is 6. The van der Waals surface area contributed by atoms with Crippen molar-refractivity contribution in [1.82, 2.24) is 14.9 Å². The minimum absolute atomic E-state index is 0.0711. The van der Waals surface area contributed by atoms with Crippen LogP contribution in [0, 0.1) is 0 Å². The molecule has 0 fully saturated rings. The average Bonchev–Trinajstić information content (AvgIpc) is 2.78. The number of anilines is 1. The zero-order valence-corrected chi connectivity index (χ0v) is 18.4. The lowest BCUT2D eigenvalue weighted by Gasteiger charge is -2.18. The maximum Gasteiger partial charge on any atom is 0.262 e. The number of carbonyl (C=O) groups is 2. The molecule has 3 aromatic rings. The van der Waals surface area contributed by atoms with Crippen LogP contribution >= 0.6 is 11.8 Å². The molecule has 1 aromatic heterocycles. The van der Waals surface area contributed by atoms with Crippen molar-refractivity contribution in [3.05, 3.63) is 64.4 Å². The van der Waals surface area contributed by atoms with Crippen LogP contribution in [0.5, 0.6) is 0 Å². The number of nitrogens with one attached hydrogen (secondary N) is 2. The summed E-state index contributed by atoms with van der Waals surface area (Å²) in [5.41, 5.74) is 1.50. The Hall–Kier alpha value is -3.17. The second kappa shape index (κ2) is 10.2. The van der Waals surface area contributed by atoms with E-state index in [1.54, 1.807) is 61.2 Å². The van der Waals surface area contributed by atoms with Crippen molar-refractivity contribution in [2.75, 3.05) is 31.8 Å². The Balaban J connectivity index is 1.78. The van der Waals surface area contributed by atoms with Crippen molar-refractivity contribution in [2.45, 2.75) is 18.1 Å². The monoisotopic (exact) mass is 440 g/mol. The second-order valence-electron chi connectivity index (χ2n) is 6.88. The van der Waals surface area contributed by atoms with Gasteiger partial charge in [-0.3, -0.25) is 19.0 Å². The summed E-state index contributed by atoms with van der Waals surface area (Å²) in [5, 5.41) is 6.32. The first kappa shape index (κ1) is 22.5. The number of fused-ring (bicyclic) bond motifs is 1. The summed E-state index contributed by atoms with van der Waals surface area (Å²) in [7, 11) is 3.13. The molecule has 3 rings (SSSR count). The molecule has 0 radical (unpaired) electrons. The van der Waals surface area contributed by atoms with Gasteiger partial charge in [0.05, 0.1) is 29.3 Å². The van der Waals surface area contributed by atoms with Crippen molar-refractivity contribution in [2.24, 2.45) is 0 Å². The molecule has 1 heterocycles. The Labute approximate surface area is 184 Å². The lowest BCUT2D eigenvalue weighted by molar-refractivity contribution is -0.113. The molecule has 9 heteroatoms. The Morgan fingerprint density at radius 2 is 1.87 bits per heavy atom. The number of rotatable bonds is 8. The molecular formula is C22H24N4O4S. The topological polar surface area (TPSA) is 102 Å². The fraction of sp³-hybridized carbons (Fsp3) is 0.273. The third-order valence-electron chi connectivity index (χ3n) is 4.61. The number of amides is 2. The molecular weight excluding hydrogens is 416 g/mol. The number of ether oxygens (including phenoxy) is 1. The maximum atomic E-state index is 13.0. The largest absolute Gasteiger partial charge is 0.383 e. The Bertz CT molecular complexity index is 1140. The minimum Gasteiger partial charge on any atom is -0.383 e. The third-order valence-corrected chi connectivity index (χ3v) is 5.57. The predicted molar refractivity (Wildman–Crippen MR) is 122 cm³/mol. The van der Waals surface area contributed by atoms with E-state index in [9.17, 15) is 14.4 Å². The molecule has 1 atom stereocenters. The highest BCUT2D eigenvalue weighted by Crippen LogP contribution is 2.21. The first-order valence-electron chi connectivity index (χ1n) is 9.69. The molecule has 0 bridgehead atoms. The van der Waals surface area contributed by atoms with Gasteiger partial charge in [0.2, 0.25) is 5.91 Å². The molecule has 2 N–H and O–H groups in total. The molecule has 0 spiro atoms. The zero-order chi connectivity index (χ0) is 22.4. The normalized spacial score (nSPS) is 11.8. The van der Waals surface area contributed by atoms with E-state index in [-0.39, 0.29) is 29.2 Å². The number of methoxy groups -OCH3 is 1. The van der Waals surface area contributed by atoms with Crippen molar-refractivity contribution >= 4 is 40.2 Å². The SMILES string of the molecule is CNC(=O)c1ccc(NC(=O)CSc2nc3ccccc3c(=O)n2C(C)COC)cc1. The van der Waals surface area contributed by atoms with Crippen LogP contribution < -0.4 is 16.2 Å². The van der Waals surface area contributed by atoms with Gasteiger partial charge in [-0.1, -0.05) is 23.9 Å². The van der Waals surface area contributed by atoms with E-state index in [2.05, 4.69) is 15.6 Å². The first-order chi connectivity index (χ1) is 14.9. The van der Waals surface area contributed by atoms with Crippen LogP contribution in [0.3, 0.4) is 0 Å². The van der Waals surface area contributed by atoms with E-state index >= 15 is 0 Å². The summed E-state index contributed by atoms with van der Waals surface area (Å²) < 4.78 is 6.79. The van der Waals surface area contributed by atoms with Crippen LogP contribution in [0.1, 0.15) is 23.3 Å². The third kappa shape index (κ3) is 5.31. The van der Waals surface area contributed by atoms with Crippen molar-refractivity contribution < 1.29 is 14.3 Å². The van der Waals surface area contributed by atoms with Crippen molar-refractivity contribution in [3.63, 3.8) is 0 Å². The van der Waals surface area contributed by atoms with Crippen LogP contribution in [0.25, 0.3) is 10.9 Å². The van der Waals surface area contributed by atoms with Crippen molar-refractivity contribution in [1.29, 1.82) is 0 Å². The summed E-state index contributed by atoms with van der Waals surface area (Å²) in [6.45, 7) is 2.22. The molecule has 2 amide bonds. The Morgan fingerprint density at radius 1 is 1.16 bits per heavy atom. The Morgan fingerprint density at radius 3 is 2.55 bits per heavy atom. The summed E-state index contributed by atoms with van der Waals surface area (Å²) >= 11 is 1.19. The fourth-order valence-corrected chi connectivity index (χ4v) is 4.01. The maximum absolute atomic E-state index is 13.0. The van der Waals surface area contributed by atoms with Gasteiger partial charge in [-0.25, -0.2) is 4.98 Å². The molecule has 0 aliphatic carbocycles. The number of hydrogen-bond donors (Lipinski definition) is 2. The highest BCUT2D eigenvalue weighted by Gasteiger charge is 2.17. The lowest BCUT2D eigenvalue weighted by atomic mass is 10.2. The number of carbonyl (C=O) groups excluding carboxylic acids is 2. The smallest absolute Gasteiger partial charge is 0.262 e. The van der Waals surface area contributed by atoms with Gasteiger partial charge in [0.25, 0.3) is 11.5 Å². The summed E-state index contributed by atoms with van der Waals surface area (Å²) in [5.74, 6) is -0.369. The van der Waals surface area contributed by atoms with Gasteiger partial charge in [0, 0.05) is 25.4 Å². The highest BCUT2D eigenvalue weighted by molar-refractivity contribution is 7.99. The number of benzene rings is 2. The quantitative estimate of drug-likeness (QED) is 0.412. The van der Waals surface area contributed by atoms with E-state index in [0.29, 0.717) is 33.9 Å². The molecule has 2 aromatic carbocycles. The van der Waals surface area contributed by atoms with E-state index in [1.165, 1.54) is 11.8 Å². The van der Waals surface area contributed by atoms with Crippen molar-refractivity contribution in [3.8, 4) is 0 Å². The van der Waals surface area contributed by atoms with E-state index in [1.807, 2.05) is 13.0 Å². The van der Waals surface area contributed by atoms with Gasteiger partial charge in [0.15, 0.2) is 5.16 Å². The molecule has 0 saturated heterocycles. The van der Waals surface area contributed by atoms with Crippen LogP contribution in [0.2, 0.25) is 0 Å². The second-order valence-corrected chi connectivity index (χ2v) is 7.83. The fourth-order valence-electron chi connectivity index (χ4n) is 3.11. The summed E-state index contributed by atoms with van der Waals surface area (Å²) in [4.78, 5) is 41.7. The van der Waals surface area contributed by atoms with Gasteiger partial charge in [-0.15, -0.1) is 0 Å². The molecule has 8 nitrogen and oxygen atoms in total. The van der Waals surface area contributed by atoms with Crippen LogP contribution in [0.4, 0.5) is 5.69 Å². The molecule has 31 heavy (non-hydrogen) atoms. The summed E-state index contributed by atoms with van der Waals surface area (Å²) in [6.07, 6.45) is 0. The van der Waals surface area contributed by atoms with Gasteiger partial charge < -0.3 is 15.4 Å². The standard InChI is InChI=1S/C22H24N4O4S/c1-14(12-30-3)26-21(29)17-6-4-5-7-18(17)25-22(26)31-13-19(27)24-16-10-8-15(9-11-16)20(28)23-2/h4-11,14H,12-13H2,1-3H3,(H,23,28)(H,24,27). The van der Waals surface area contributed by atoms with Gasteiger partial charge >= 0.3 is 0 Å². The zero-order valence-electron chi connectivity index (χ0n) is 17.5. The van der Waals surface area contributed by atoms with Gasteiger partial charge in [-0.2, -0.15) is 0 Å². The van der Waals surface area contributed by atoms with E-state index in [4.69, 9.17) is 4.74 Å². The minimum atomic E-state index is -0.244. The predicted octanol–water partition coefficient (Wildman–Crippen LogP) is 2.69. The number of thioether (sulfide) groups is 1. The first-order valence-corrected chi connectivity index (χ1v) is 10.7. The Kier molecular flexibility index (Phi) is 7.43. The lowest BCUT2D eigenvalue weighted by Crippen LogP contribution is -2.29. The number of aromatic nitrogens is 2. The molecule has 0 saturated carbocycles. The number of para-hydroxylation sites is 1. The molecule has 0 aliphatic rings.